The van der Waals surface area contributed by atoms with Crippen molar-refractivity contribution in [2.45, 2.75) is 26.2 Å². The number of hydrogen-bond donors (Lipinski definition) is 2. The molecule has 1 fully saturated rings. The van der Waals surface area contributed by atoms with Crippen molar-refractivity contribution in [3.05, 3.63) is 29.3 Å². The van der Waals surface area contributed by atoms with Crippen LogP contribution in [0.2, 0.25) is 0 Å². The fourth-order valence-electron chi connectivity index (χ4n) is 2.63. The van der Waals surface area contributed by atoms with Crippen LogP contribution in [0.3, 0.4) is 0 Å². The molecule has 0 aliphatic carbocycles. The van der Waals surface area contributed by atoms with Crippen LogP contribution in [0, 0.1) is 6.92 Å². The van der Waals surface area contributed by atoms with E-state index in [4.69, 9.17) is 18.0 Å². The van der Waals surface area contributed by atoms with Crippen molar-refractivity contribution in [2.75, 3.05) is 31.5 Å². The second kappa shape index (κ2) is 6.87. The third kappa shape index (κ3) is 3.91. The molecule has 0 saturated carbocycles. The van der Waals surface area contributed by atoms with Gasteiger partial charge < -0.3 is 16.0 Å². The first-order valence-corrected chi connectivity index (χ1v) is 7.45. The summed E-state index contributed by atoms with van der Waals surface area (Å²) in [7, 11) is 0. The molecule has 2 rings (SSSR count). The topological polar surface area (TPSA) is 41.3 Å². The Morgan fingerprint density at radius 2 is 2.11 bits per heavy atom. The van der Waals surface area contributed by atoms with Crippen LogP contribution in [-0.4, -0.2) is 36.1 Å². The molecule has 1 heterocycles. The first-order chi connectivity index (χ1) is 9.18. The molecule has 1 aromatic rings. The molecule has 0 atom stereocenters. The molecule has 0 bridgehead atoms. The number of benzene rings is 1. The predicted molar refractivity (Wildman–Crippen MR) is 85.8 cm³/mol. The highest BCUT2D eigenvalue weighted by Crippen LogP contribution is 2.20. The number of anilines is 1. The van der Waals surface area contributed by atoms with E-state index in [1.807, 2.05) is 12.1 Å². The van der Waals surface area contributed by atoms with E-state index in [9.17, 15) is 0 Å². The van der Waals surface area contributed by atoms with Gasteiger partial charge in [0.05, 0.1) is 0 Å². The Labute approximate surface area is 121 Å². The van der Waals surface area contributed by atoms with Crippen molar-refractivity contribution in [2.24, 2.45) is 5.73 Å². The average molecular weight is 277 g/mol. The van der Waals surface area contributed by atoms with Gasteiger partial charge in [0.2, 0.25) is 0 Å². The largest absolute Gasteiger partial charge is 0.389 e. The Morgan fingerprint density at radius 1 is 1.37 bits per heavy atom. The van der Waals surface area contributed by atoms with Gasteiger partial charge in [-0.2, -0.15) is 0 Å². The molecule has 19 heavy (non-hydrogen) atoms. The van der Waals surface area contributed by atoms with Gasteiger partial charge >= 0.3 is 0 Å². The molecule has 0 aromatic heterocycles. The van der Waals surface area contributed by atoms with Gasteiger partial charge in [0.1, 0.15) is 4.99 Å². The molecule has 1 aromatic carbocycles. The molecule has 3 nitrogen and oxygen atoms in total. The lowest BCUT2D eigenvalue weighted by Crippen LogP contribution is -2.23. The summed E-state index contributed by atoms with van der Waals surface area (Å²) in [6, 6.07) is 6.07. The van der Waals surface area contributed by atoms with Crippen molar-refractivity contribution >= 4 is 22.9 Å². The van der Waals surface area contributed by atoms with E-state index in [1.165, 1.54) is 38.0 Å². The van der Waals surface area contributed by atoms with Crippen molar-refractivity contribution in [3.8, 4) is 0 Å². The highest BCUT2D eigenvalue weighted by atomic mass is 32.1. The Balaban J connectivity index is 1.86. The highest BCUT2D eigenvalue weighted by Gasteiger charge is 2.11. The maximum atomic E-state index is 5.77. The van der Waals surface area contributed by atoms with Crippen LogP contribution in [0.4, 0.5) is 5.69 Å². The van der Waals surface area contributed by atoms with Crippen LogP contribution in [0.25, 0.3) is 0 Å². The van der Waals surface area contributed by atoms with E-state index < -0.39 is 0 Å². The van der Waals surface area contributed by atoms with Crippen LogP contribution >= 0.6 is 12.2 Å². The van der Waals surface area contributed by atoms with Crippen LogP contribution in [-0.2, 0) is 0 Å². The summed E-state index contributed by atoms with van der Waals surface area (Å²) in [6.45, 7) is 6.77. The second-order valence-electron chi connectivity index (χ2n) is 5.19. The molecule has 104 valence electrons. The number of thiocarbonyl (C=S) groups is 1. The number of para-hydroxylation sites is 1. The van der Waals surface area contributed by atoms with Gasteiger partial charge in [-0.15, -0.1) is 0 Å². The fraction of sp³-hybridized carbons (Fsp3) is 0.533. The quantitative estimate of drug-likeness (QED) is 0.619. The molecular formula is C15H23N3S. The lowest BCUT2D eigenvalue weighted by Gasteiger charge is -2.17. The Kier molecular flexibility index (Phi) is 5.16. The molecule has 0 spiro atoms. The van der Waals surface area contributed by atoms with Crippen LogP contribution in [0.15, 0.2) is 18.2 Å². The molecule has 0 radical (unpaired) electrons. The SMILES string of the molecule is Cc1cccc(C(N)=S)c1NCCCN1CCCC1. The third-order valence-electron chi connectivity index (χ3n) is 3.69. The van der Waals surface area contributed by atoms with Crippen LogP contribution in [0.5, 0.6) is 0 Å². The van der Waals surface area contributed by atoms with Gasteiger partial charge in [-0.1, -0.05) is 24.4 Å². The lowest BCUT2D eigenvalue weighted by atomic mass is 10.1. The summed E-state index contributed by atoms with van der Waals surface area (Å²) in [5, 5.41) is 3.49. The number of nitrogens with one attached hydrogen (secondary N) is 1. The number of aryl methyl sites for hydroxylation is 1. The smallest absolute Gasteiger partial charge is 0.106 e. The number of likely N-dealkylation sites (tertiary alicyclic amines) is 1. The van der Waals surface area contributed by atoms with E-state index in [-0.39, 0.29) is 0 Å². The van der Waals surface area contributed by atoms with Crippen molar-refractivity contribution in [1.29, 1.82) is 0 Å². The molecule has 0 amide bonds. The summed E-state index contributed by atoms with van der Waals surface area (Å²) in [4.78, 5) is 3.00. The first-order valence-electron chi connectivity index (χ1n) is 7.04. The molecule has 1 aliphatic heterocycles. The van der Waals surface area contributed by atoms with E-state index in [0.29, 0.717) is 4.99 Å². The van der Waals surface area contributed by atoms with E-state index in [1.54, 1.807) is 0 Å². The average Bonchev–Trinajstić information content (AvgIpc) is 2.88. The molecule has 3 N–H and O–H groups in total. The number of rotatable bonds is 6. The minimum atomic E-state index is 0.464. The van der Waals surface area contributed by atoms with Gasteiger partial charge in [-0.25, -0.2) is 0 Å². The normalized spacial score (nSPS) is 15.6. The number of nitrogens with two attached hydrogens (primary N) is 1. The van der Waals surface area contributed by atoms with Crippen molar-refractivity contribution < 1.29 is 0 Å². The summed E-state index contributed by atoms with van der Waals surface area (Å²) >= 11 is 5.10. The maximum Gasteiger partial charge on any atom is 0.106 e. The summed E-state index contributed by atoms with van der Waals surface area (Å²) in [5.74, 6) is 0. The number of nitrogens with zero attached hydrogens (tertiary/aromatic N) is 1. The molecule has 0 unspecified atom stereocenters. The van der Waals surface area contributed by atoms with E-state index in [2.05, 4.69) is 23.2 Å². The van der Waals surface area contributed by atoms with Gasteiger partial charge in [0.25, 0.3) is 0 Å². The van der Waals surface area contributed by atoms with Gasteiger partial charge in [0.15, 0.2) is 0 Å². The zero-order chi connectivity index (χ0) is 13.7. The predicted octanol–water partition coefficient (Wildman–Crippen LogP) is 2.53. The third-order valence-corrected chi connectivity index (χ3v) is 3.91. The van der Waals surface area contributed by atoms with Gasteiger partial charge in [-0.05, 0) is 57.5 Å². The first kappa shape index (κ1) is 14.3. The second-order valence-corrected chi connectivity index (χ2v) is 5.63. The van der Waals surface area contributed by atoms with Crippen LogP contribution in [0.1, 0.15) is 30.4 Å². The minimum Gasteiger partial charge on any atom is -0.389 e. The summed E-state index contributed by atoms with van der Waals surface area (Å²) in [6.07, 6.45) is 3.87. The van der Waals surface area contributed by atoms with E-state index in [0.717, 1.165) is 24.2 Å². The Hall–Kier alpha value is -1.13. The Bertz CT molecular complexity index is 439. The van der Waals surface area contributed by atoms with Gasteiger partial charge in [-0.3, -0.25) is 0 Å². The standard InChI is InChI=1S/C15H23N3S/c1-12-6-4-7-13(15(16)19)14(12)17-8-5-11-18-9-2-3-10-18/h4,6-7,17H,2-3,5,8-11H2,1H3,(H2,16,19). The summed E-state index contributed by atoms with van der Waals surface area (Å²) in [5.41, 5.74) is 9.02. The van der Waals surface area contributed by atoms with Crippen LogP contribution < -0.4 is 11.1 Å². The maximum absolute atomic E-state index is 5.77. The zero-order valence-electron chi connectivity index (χ0n) is 11.6. The fourth-order valence-corrected chi connectivity index (χ4v) is 2.80. The van der Waals surface area contributed by atoms with Crippen molar-refractivity contribution in [3.63, 3.8) is 0 Å². The monoisotopic (exact) mass is 277 g/mol. The molecule has 1 saturated heterocycles. The van der Waals surface area contributed by atoms with Gasteiger partial charge in [0, 0.05) is 17.8 Å². The van der Waals surface area contributed by atoms with Crippen molar-refractivity contribution in [1.82, 2.24) is 4.90 Å². The zero-order valence-corrected chi connectivity index (χ0v) is 12.4. The lowest BCUT2D eigenvalue weighted by molar-refractivity contribution is 0.337. The highest BCUT2D eigenvalue weighted by molar-refractivity contribution is 7.80. The molecule has 4 heteroatoms. The minimum absolute atomic E-state index is 0.464. The number of hydrogen-bond acceptors (Lipinski definition) is 3. The summed E-state index contributed by atoms with van der Waals surface area (Å²) < 4.78 is 0. The molecule has 1 aliphatic rings. The molecular weight excluding hydrogens is 254 g/mol. The van der Waals surface area contributed by atoms with E-state index >= 15 is 0 Å². The Morgan fingerprint density at radius 3 is 2.79 bits per heavy atom.